The van der Waals surface area contributed by atoms with E-state index in [-0.39, 0.29) is 12.5 Å². The van der Waals surface area contributed by atoms with Crippen LogP contribution in [0.2, 0.25) is 0 Å². The van der Waals surface area contributed by atoms with Crippen LogP contribution in [0.3, 0.4) is 0 Å². The van der Waals surface area contributed by atoms with Gasteiger partial charge in [0.05, 0.1) is 6.61 Å². The summed E-state index contributed by atoms with van der Waals surface area (Å²) in [5, 5.41) is 2.85. The van der Waals surface area contributed by atoms with Crippen molar-refractivity contribution < 1.29 is 14.3 Å². The van der Waals surface area contributed by atoms with Crippen LogP contribution in [-0.4, -0.2) is 19.1 Å². The highest BCUT2D eigenvalue weighted by molar-refractivity contribution is 5.92. The van der Waals surface area contributed by atoms with E-state index in [4.69, 9.17) is 9.47 Å². The second kappa shape index (κ2) is 11.2. The minimum absolute atomic E-state index is 0.0186. The normalized spacial score (nSPS) is 10.4. The van der Waals surface area contributed by atoms with Crippen LogP contribution >= 0.6 is 0 Å². The second-order valence-corrected chi connectivity index (χ2v) is 6.27. The second-order valence-electron chi connectivity index (χ2n) is 6.27. The van der Waals surface area contributed by atoms with Crippen LogP contribution in [0.1, 0.15) is 45.1 Å². The van der Waals surface area contributed by atoms with Crippen LogP contribution in [-0.2, 0) is 11.2 Å². The van der Waals surface area contributed by atoms with E-state index < -0.39 is 0 Å². The largest absolute Gasteiger partial charge is 0.494 e. The lowest BCUT2D eigenvalue weighted by Gasteiger charge is -2.10. The Bertz CT molecular complexity index is 685. The summed E-state index contributed by atoms with van der Waals surface area (Å²) in [5.41, 5.74) is 1.90. The molecule has 0 unspecified atom stereocenters. The number of rotatable bonds is 11. The summed E-state index contributed by atoms with van der Waals surface area (Å²) in [6.45, 7) is 4.96. The highest BCUT2D eigenvalue weighted by Crippen LogP contribution is 2.18. The predicted molar refractivity (Wildman–Crippen MR) is 106 cm³/mol. The molecule has 0 heterocycles. The Morgan fingerprint density at radius 1 is 0.923 bits per heavy atom. The topological polar surface area (TPSA) is 47.6 Å². The molecule has 2 aromatic rings. The lowest BCUT2D eigenvalue weighted by Crippen LogP contribution is -2.20. The first-order valence-corrected chi connectivity index (χ1v) is 9.45. The number of nitrogens with one attached hydrogen (secondary N) is 1. The number of benzene rings is 2. The molecule has 4 nitrogen and oxygen atoms in total. The Kier molecular flexibility index (Phi) is 8.53. The first kappa shape index (κ1) is 19.8. The number of aryl methyl sites for hydroxylation is 1. The third kappa shape index (κ3) is 7.18. The Balaban J connectivity index is 1.78. The average Bonchev–Trinajstić information content (AvgIpc) is 2.67. The molecule has 0 fully saturated rings. The monoisotopic (exact) mass is 355 g/mol. The number of carbonyl (C=O) groups excluding carboxylic acids is 1. The van der Waals surface area contributed by atoms with Crippen molar-refractivity contribution in [3.8, 4) is 11.5 Å². The Labute approximate surface area is 156 Å². The van der Waals surface area contributed by atoms with Crippen molar-refractivity contribution in [3.05, 3.63) is 54.1 Å². The van der Waals surface area contributed by atoms with E-state index in [1.165, 1.54) is 24.8 Å². The summed E-state index contributed by atoms with van der Waals surface area (Å²) in [6, 6.07) is 15.3. The molecule has 0 spiro atoms. The Morgan fingerprint density at radius 3 is 2.46 bits per heavy atom. The number of unbranched alkanes of at least 4 members (excludes halogenated alkanes) is 3. The van der Waals surface area contributed by atoms with E-state index in [1.54, 1.807) is 0 Å². The minimum Gasteiger partial charge on any atom is -0.494 e. The van der Waals surface area contributed by atoms with Crippen LogP contribution in [0.25, 0.3) is 0 Å². The van der Waals surface area contributed by atoms with Gasteiger partial charge in [-0.3, -0.25) is 4.79 Å². The lowest BCUT2D eigenvalue weighted by molar-refractivity contribution is -0.118. The number of ether oxygens (including phenoxy) is 2. The van der Waals surface area contributed by atoms with Crippen LogP contribution in [0.15, 0.2) is 48.5 Å². The summed E-state index contributed by atoms with van der Waals surface area (Å²) < 4.78 is 11.3. The summed E-state index contributed by atoms with van der Waals surface area (Å²) >= 11 is 0. The molecule has 2 rings (SSSR count). The van der Waals surface area contributed by atoms with Crippen molar-refractivity contribution in [1.82, 2.24) is 0 Å². The van der Waals surface area contributed by atoms with Crippen molar-refractivity contribution in [2.45, 2.75) is 46.0 Å². The molecule has 1 amide bonds. The van der Waals surface area contributed by atoms with Crippen molar-refractivity contribution in [2.24, 2.45) is 0 Å². The average molecular weight is 355 g/mol. The molecular formula is C22H29NO3. The highest BCUT2D eigenvalue weighted by Gasteiger charge is 2.05. The number of amides is 1. The smallest absolute Gasteiger partial charge is 0.262 e. The number of hydrogen-bond acceptors (Lipinski definition) is 3. The Morgan fingerprint density at radius 2 is 1.69 bits per heavy atom. The van der Waals surface area contributed by atoms with Gasteiger partial charge >= 0.3 is 0 Å². The maximum atomic E-state index is 12.1. The summed E-state index contributed by atoms with van der Waals surface area (Å²) in [7, 11) is 0. The van der Waals surface area contributed by atoms with E-state index in [0.717, 1.165) is 18.6 Å². The predicted octanol–water partition coefficient (Wildman–Crippen LogP) is 5.23. The highest BCUT2D eigenvalue weighted by atomic mass is 16.5. The van der Waals surface area contributed by atoms with Gasteiger partial charge in [0.25, 0.3) is 5.91 Å². The number of carbonyl (C=O) groups is 1. The van der Waals surface area contributed by atoms with Crippen molar-refractivity contribution >= 4 is 11.6 Å². The molecule has 0 aliphatic rings. The van der Waals surface area contributed by atoms with E-state index in [1.807, 2.05) is 48.5 Å². The third-order valence-electron chi connectivity index (χ3n) is 4.06. The number of hydrogen-bond donors (Lipinski definition) is 1. The van der Waals surface area contributed by atoms with Gasteiger partial charge in [0.15, 0.2) is 6.61 Å². The molecule has 0 aliphatic carbocycles. The molecule has 1 N–H and O–H groups in total. The molecule has 0 radical (unpaired) electrons. The molecule has 0 aromatic heterocycles. The summed E-state index contributed by atoms with van der Waals surface area (Å²) in [4.78, 5) is 12.1. The van der Waals surface area contributed by atoms with E-state index >= 15 is 0 Å². The molecule has 0 atom stereocenters. The standard InChI is InChI=1S/C22H29NO3/c1-3-5-6-7-14-25-21-13-9-11-19(16-21)23-22(24)17-26-20-12-8-10-18(4-2)15-20/h8-13,15-16H,3-7,14,17H2,1-2H3,(H,23,24). The molecule has 2 aromatic carbocycles. The van der Waals surface area contributed by atoms with Gasteiger partial charge in [-0.2, -0.15) is 0 Å². The van der Waals surface area contributed by atoms with Crippen LogP contribution in [0, 0.1) is 0 Å². The van der Waals surface area contributed by atoms with Crippen molar-refractivity contribution in [2.75, 3.05) is 18.5 Å². The van der Waals surface area contributed by atoms with E-state index in [2.05, 4.69) is 19.2 Å². The molecular weight excluding hydrogens is 326 g/mol. The Hall–Kier alpha value is -2.49. The first-order chi connectivity index (χ1) is 12.7. The minimum atomic E-state index is -0.188. The molecule has 0 aliphatic heterocycles. The van der Waals surface area contributed by atoms with Gasteiger partial charge < -0.3 is 14.8 Å². The zero-order valence-electron chi connectivity index (χ0n) is 15.8. The van der Waals surface area contributed by atoms with Crippen LogP contribution in [0.4, 0.5) is 5.69 Å². The summed E-state index contributed by atoms with van der Waals surface area (Å²) in [6.07, 6.45) is 5.63. The molecule has 4 heteroatoms. The van der Waals surface area contributed by atoms with Crippen molar-refractivity contribution in [1.29, 1.82) is 0 Å². The fourth-order valence-corrected chi connectivity index (χ4v) is 2.58. The third-order valence-corrected chi connectivity index (χ3v) is 4.06. The van der Waals surface area contributed by atoms with Gasteiger partial charge in [0, 0.05) is 11.8 Å². The first-order valence-electron chi connectivity index (χ1n) is 9.45. The van der Waals surface area contributed by atoms with Gasteiger partial charge in [-0.15, -0.1) is 0 Å². The maximum Gasteiger partial charge on any atom is 0.262 e. The SMILES string of the molecule is CCCCCCOc1cccc(NC(=O)COc2cccc(CC)c2)c1. The lowest BCUT2D eigenvalue weighted by atomic mass is 10.2. The molecule has 26 heavy (non-hydrogen) atoms. The van der Waals surface area contributed by atoms with E-state index in [0.29, 0.717) is 18.0 Å². The molecule has 0 bridgehead atoms. The van der Waals surface area contributed by atoms with Gasteiger partial charge in [0.2, 0.25) is 0 Å². The van der Waals surface area contributed by atoms with Crippen LogP contribution in [0.5, 0.6) is 11.5 Å². The molecule has 0 saturated carbocycles. The zero-order chi connectivity index (χ0) is 18.6. The zero-order valence-corrected chi connectivity index (χ0v) is 15.8. The molecule has 0 saturated heterocycles. The molecule has 140 valence electrons. The van der Waals surface area contributed by atoms with Crippen molar-refractivity contribution in [3.63, 3.8) is 0 Å². The quantitative estimate of drug-likeness (QED) is 0.562. The van der Waals surface area contributed by atoms with E-state index in [9.17, 15) is 4.79 Å². The van der Waals surface area contributed by atoms with Crippen LogP contribution < -0.4 is 14.8 Å². The van der Waals surface area contributed by atoms with Gasteiger partial charge in [-0.1, -0.05) is 51.3 Å². The fourth-order valence-electron chi connectivity index (χ4n) is 2.58. The fraction of sp³-hybridized carbons (Fsp3) is 0.409. The van der Waals surface area contributed by atoms with Gasteiger partial charge in [-0.25, -0.2) is 0 Å². The van der Waals surface area contributed by atoms with Gasteiger partial charge in [-0.05, 0) is 42.7 Å². The van der Waals surface area contributed by atoms with Gasteiger partial charge in [0.1, 0.15) is 11.5 Å². The maximum absolute atomic E-state index is 12.1. The number of anilines is 1. The summed E-state index contributed by atoms with van der Waals surface area (Å²) in [5.74, 6) is 1.30.